The summed E-state index contributed by atoms with van der Waals surface area (Å²) in [6.45, 7) is 8.72. The van der Waals surface area contributed by atoms with Crippen LogP contribution in [0.25, 0.3) is 0 Å². The van der Waals surface area contributed by atoms with Crippen LogP contribution in [-0.2, 0) is 9.47 Å². The van der Waals surface area contributed by atoms with Crippen molar-refractivity contribution in [2.24, 2.45) is 0 Å². The average molecular weight is 210 g/mol. The van der Waals surface area contributed by atoms with Gasteiger partial charge in [-0.25, -0.2) is 0 Å². The van der Waals surface area contributed by atoms with Crippen LogP contribution in [0.4, 0.5) is 0 Å². The minimum Gasteiger partial charge on any atom is -0.394 e. The summed E-state index contributed by atoms with van der Waals surface area (Å²) in [7, 11) is 3.25. The summed E-state index contributed by atoms with van der Waals surface area (Å²) in [6, 6.07) is 0. The van der Waals surface area contributed by atoms with Gasteiger partial charge in [-0.2, -0.15) is 0 Å². The minimum absolute atomic E-state index is 0.0503. The first-order chi connectivity index (χ1) is 6.39. The third kappa shape index (κ3) is 59.4. The fraction of sp³-hybridized carbons (Fsp3) is 1.00. The fourth-order valence-electron chi connectivity index (χ4n) is 0.433. The van der Waals surface area contributed by atoms with Crippen LogP contribution in [0.3, 0.4) is 0 Å². The van der Waals surface area contributed by atoms with Crippen LogP contribution in [0.15, 0.2) is 0 Å². The van der Waals surface area contributed by atoms with Crippen molar-refractivity contribution < 1.29 is 19.7 Å². The normalized spacial score (nSPS) is 9.43. The molecule has 0 aliphatic carbocycles. The largest absolute Gasteiger partial charge is 0.394 e. The van der Waals surface area contributed by atoms with Crippen LogP contribution in [0.2, 0.25) is 0 Å². The molecule has 14 heavy (non-hydrogen) atoms. The third-order valence-corrected chi connectivity index (χ3v) is 0.677. The van der Waals surface area contributed by atoms with Gasteiger partial charge >= 0.3 is 0 Å². The van der Waals surface area contributed by atoms with Gasteiger partial charge in [0.25, 0.3) is 0 Å². The number of hydrogen-bond acceptors (Lipinski definition) is 4. The highest BCUT2D eigenvalue weighted by Gasteiger charge is 2.06. The molecule has 0 aromatic carbocycles. The molecule has 0 saturated heterocycles. The molecule has 0 aromatic heterocycles. The summed E-state index contributed by atoms with van der Waals surface area (Å²) in [4.78, 5) is 0. The Morgan fingerprint density at radius 2 is 1.29 bits per heavy atom. The molecule has 0 aromatic rings. The van der Waals surface area contributed by atoms with E-state index in [9.17, 15) is 0 Å². The predicted molar refractivity (Wildman–Crippen MR) is 58.5 cm³/mol. The molecule has 2 N–H and O–H groups in total. The molecule has 0 aliphatic rings. The van der Waals surface area contributed by atoms with Crippen molar-refractivity contribution >= 4 is 0 Å². The van der Waals surface area contributed by atoms with Crippen molar-refractivity contribution in [1.29, 1.82) is 0 Å². The highest BCUT2D eigenvalue weighted by molar-refractivity contribution is 4.56. The molecule has 0 unspecified atom stereocenters. The lowest BCUT2D eigenvalue weighted by Crippen LogP contribution is -2.18. The van der Waals surface area contributed by atoms with Gasteiger partial charge in [0.1, 0.15) is 0 Å². The van der Waals surface area contributed by atoms with Gasteiger partial charge in [-0.3, -0.25) is 0 Å². The number of methoxy groups -OCH3 is 1. The van der Waals surface area contributed by atoms with E-state index < -0.39 is 0 Å². The van der Waals surface area contributed by atoms with E-state index in [2.05, 4.69) is 25.5 Å². The lowest BCUT2D eigenvalue weighted by Gasteiger charge is -2.17. The molecule has 0 spiro atoms. The molecule has 90 valence electrons. The molecular formula is C10H26O4. The molecule has 4 heteroatoms. The van der Waals surface area contributed by atoms with E-state index in [0.717, 1.165) is 6.61 Å². The van der Waals surface area contributed by atoms with Gasteiger partial charge in [0.05, 0.1) is 18.8 Å². The zero-order valence-corrected chi connectivity index (χ0v) is 10.3. The van der Waals surface area contributed by atoms with Crippen LogP contribution in [-0.4, -0.2) is 49.9 Å². The zero-order valence-electron chi connectivity index (χ0n) is 10.3. The second-order valence-corrected chi connectivity index (χ2v) is 3.40. The van der Waals surface area contributed by atoms with Gasteiger partial charge in [-0.05, 0) is 27.7 Å². The standard InChI is InChI=1S/C6H14O.C2H6O2.C2H6O/c1-5-7-6(2,3)4;3-1-2-4;1-3-2/h5H2,1-4H3;3-4H,1-2H2;1-2H3. The second kappa shape index (κ2) is 15.3. The first-order valence-corrected chi connectivity index (χ1v) is 4.65. The number of hydrogen-bond donors (Lipinski definition) is 2. The summed E-state index contributed by atoms with van der Waals surface area (Å²) in [5.41, 5.74) is 0.0503. The molecular weight excluding hydrogens is 184 g/mol. The molecule has 0 saturated carbocycles. The molecule has 0 atom stereocenters. The zero-order chi connectivity index (χ0) is 12.0. The lowest BCUT2D eigenvalue weighted by atomic mass is 10.2. The van der Waals surface area contributed by atoms with Crippen molar-refractivity contribution in [2.75, 3.05) is 34.0 Å². The Kier molecular flexibility index (Phi) is 21.2. The minimum atomic E-state index is -0.125. The lowest BCUT2D eigenvalue weighted by molar-refractivity contribution is 0.00532. The predicted octanol–water partition coefficient (Wildman–Crippen LogP) is 1.06. The molecule has 0 aliphatic heterocycles. The Labute approximate surface area is 87.9 Å². The highest BCUT2D eigenvalue weighted by atomic mass is 16.5. The van der Waals surface area contributed by atoms with Crippen molar-refractivity contribution in [3.63, 3.8) is 0 Å². The van der Waals surface area contributed by atoms with Crippen LogP contribution >= 0.6 is 0 Å². The average Bonchev–Trinajstić information content (AvgIpc) is 2.04. The van der Waals surface area contributed by atoms with Gasteiger partial charge in [0, 0.05) is 20.8 Å². The van der Waals surface area contributed by atoms with Crippen molar-refractivity contribution in [1.82, 2.24) is 0 Å². The molecule has 0 amide bonds. The summed E-state index contributed by atoms with van der Waals surface area (Å²) in [5.74, 6) is 0. The molecule has 0 rings (SSSR count). The number of rotatable bonds is 2. The molecule has 4 nitrogen and oxygen atoms in total. The summed E-state index contributed by atoms with van der Waals surface area (Å²) >= 11 is 0. The Bertz CT molecular complexity index is 76.7. The number of ether oxygens (including phenoxy) is 2. The highest BCUT2D eigenvalue weighted by Crippen LogP contribution is 2.04. The second-order valence-electron chi connectivity index (χ2n) is 3.40. The van der Waals surface area contributed by atoms with E-state index in [4.69, 9.17) is 14.9 Å². The monoisotopic (exact) mass is 210 g/mol. The van der Waals surface area contributed by atoms with Crippen LogP contribution in [0.5, 0.6) is 0 Å². The Hall–Kier alpha value is -0.160. The maximum absolute atomic E-state index is 7.62. The van der Waals surface area contributed by atoms with E-state index >= 15 is 0 Å². The van der Waals surface area contributed by atoms with Crippen molar-refractivity contribution in [2.45, 2.75) is 33.3 Å². The first kappa shape index (κ1) is 19.4. The summed E-state index contributed by atoms with van der Waals surface area (Å²) < 4.78 is 9.48. The molecule has 0 heterocycles. The van der Waals surface area contributed by atoms with Gasteiger partial charge in [-0.15, -0.1) is 0 Å². The Morgan fingerprint density at radius 1 is 1.00 bits per heavy atom. The smallest absolute Gasteiger partial charge is 0.0662 e. The van der Waals surface area contributed by atoms with Crippen molar-refractivity contribution in [3.05, 3.63) is 0 Å². The third-order valence-electron chi connectivity index (χ3n) is 0.677. The number of aliphatic hydroxyl groups excluding tert-OH is 2. The molecule has 0 radical (unpaired) electrons. The van der Waals surface area contributed by atoms with Gasteiger partial charge in [-0.1, -0.05) is 0 Å². The Balaban J connectivity index is -0.000000147. The van der Waals surface area contributed by atoms with Crippen LogP contribution in [0, 0.1) is 0 Å². The van der Waals surface area contributed by atoms with Gasteiger partial charge in [0.2, 0.25) is 0 Å². The number of aliphatic hydroxyl groups is 2. The van der Waals surface area contributed by atoms with Crippen LogP contribution < -0.4 is 0 Å². The maximum Gasteiger partial charge on any atom is 0.0662 e. The summed E-state index contributed by atoms with van der Waals surface area (Å²) in [6.07, 6.45) is 0. The van der Waals surface area contributed by atoms with E-state index in [1.807, 2.05) is 6.92 Å². The SMILES string of the molecule is CCOC(C)(C)C.COC.OCCO. The van der Waals surface area contributed by atoms with Gasteiger partial charge < -0.3 is 19.7 Å². The Morgan fingerprint density at radius 3 is 1.29 bits per heavy atom. The topological polar surface area (TPSA) is 58.9 Å². The van der Waals surface area contributed by atoms with Crippen LogP contribution in [0.1, 0.15) is 27.7 Å². The van der Waals surface area contributed by atoms with E-state index in [1.165, 1.54) is 0 Å². The van der Waals surface area contributed by atoms with E-state index in [0.29, 0.717) is 0 Å². The molecule has 0 fully saturated rings. The summed E-state index contributed by atoms with van der Waals surface area (Å²) in [5, 5.41) is 15.2. The molecule has 0 bridgehead atoms. The van der Waals surface area contributed by atoms with Crippen molar-refractivity contribution in [3.8, 4) is 0 Å². The van der Waals surface area contributed by atoms with Gasteiger partial charge in [0.15, 0.2) is 0 Å². The van der Waals surface area contributed by atoms with E-state index in [-0.39, 0.29) is 18.8 Å². The first-order valence-electron chi connectivity index (χ1n) is 4.65. The van der Waals surface area contributed by atoms with E-state index in [1.54, 1.807) is 14.2 Å². The fourth-order valence-corrected chi connectivity index (χ4v) is 0.433. The maximum atomic E-state index is 7.62. The quantitative estimate of drug-likeness (QED) is 0.715.